The number of fused-ring (bicyclic) bond motifs is 3. The van der Waals surface area contributed by atoms with Gasteiger partial charge < -0.3 is 19.3 Å². The van der Waals surface area contributed by atoms with Crippen LogP contribution in [0, 0.1) is 10.7 Å². The molecule has 0 saturated carbocycles. The average Bonchev–Trinajstić information content (AvgIpc) is 3.55. The molecule has 1 spiro atoms. The SMILES string of the molecule is CCCN(CCC)C(=O)C(/C(F)=C/C[C@H](C)CS(=N)(=O)N[Si](C)(C)C(C)(C)C)N1CCC[C@H]1CN1C[C@@]2(CCCc3cc(Cl)ccc32)COc2ccc(C(=O)OC)cc21. The summed E-state index contributed by atoms with van der Waals surface area (Å²) in [5.74, 6) is -0.679. The molecule has 1 aliphatic carbocycles. The standard InChI is InChI=1S/C45H69ClFN5O5SSi/c1-10-23-50(24-11-2)42(53)41(38(47)20-16-32(3)29-58(48,55)49-59(8,9)44(4,5)6)52-25-13-15-36(52)28-51-30-45(22-12-14-33-26-35(46)18-19-37(33)45)31-57-40-21-17-34(27-39(40)51)43(54)56-7/h17-21,26-27,32,36,41H,10-16,22-25,28-31H2,1-9H3,(H2,48,49,55)/b38-20-/t32-,36-,41?,45-,58?/m0/s1. The van der Waals surface area contributed by atoms with Gasteiger partial charge in [0.25, 0.3) is 0 Å². The van der Waals surface area contributed by atoms with Crippen LogP contribution in [0.2, 0.25) is 23.2 Å². The molecule has 1 amide bonds. The number of rotatable bonds is 16. The molecule has 3 aliphatic rings. The van der Waals surface area contributed by atoms with E-state index in [0.717, 1.165) is 50.6 Å². The van der Waals surface area contributed by atoms with Gasteiger partial charge in [-0.25, -0.2) is 18.2 Å². The van der Waals surface area contributed by atoms with Crippen LogP contribution in [-0.4, -0.2) is 98.4 Å². The van der Waals surface area contributed by atoms with Crippen LogP contribution in [0.25, 0.3) is 0 Å². The Morgan fingerprint density at radius 2 is 1.88 bits per heavy atom. The van der Waals surface area contributed by atoms with Crippen LogP contribution in [-0.2, 0) is 31.3 Å². The van der Waals surface area contributed by atoms with Crippen molar-refractivity contribution in [2.24, 2.45) is 5.92 Å². The van der Waals surface area contributed by atoms with E-state index in [-0.39, 0.29) is 40.5 Å². The monoisotopic (exact) mass is 873 g/mol. The zero-order valence-corrected chi connectivity index (χ0v) is 39.5. The van der Waals surface area contributed by atoms with Gasteiger partial charge in [0.15, 0.2) is 0 Å². The number of hydrogen-bond donors (Lipinski definition) is 2. The van der Waals surface area contributed by atoms with Crippen molar-refractivity contribution in [3.63, 3.8) is 0 Å². The lowest BCUT2D eigenvalue weighted by Gasteiger charge is -2.42. The smallest absolute Gasteiger partial charge is 0.337 e. The summed E-state index contributed by atoms with van der Waals surface area (Å²) in [5, 5.41) is 0.604. The third kappa shape index (κ3) is 11.1. The average molecular weight is 875 g/mol. The Balaban J connectivity index is 1.49. The van der Waals surface area contributed by atoms with Crippen molar-refractivity contribution in [3.05, 3.63) is 70.0 Å². The topological polar surface area (TPSA) is 115 Å². The van der Waals surface area contributed by atoms with Crippen LogP contribution in [0.1, 0.15) is 108 Å². The number of benzene rings is 2. The first-order valence-electron chi connectivity index (χ1n) is 21.6. The molecule has 1 saturated heterocycles. The van der Waals surface area contributed by atoms with Crippen molar-refractivity contribution in [1.29, 1.82) is 4.78 Å². The van der Waals surface area contributed by atoms with E-state index in [1.54, 1.807) is 11.0 Å². The molecule has 10 nitrogen and oxygen atoms in total. The van der Waals surface area contributed by atoms with Gasteiger partial charge in [-0.1, -0.05) is 78.4 Å². The number of carbonyl (C=O) groups is 2. The fourth-order valence-electron chi connectivity index (χ4n) is 8.97. The van der Waals surface area contributed by atoms with Crippen molar-refractivity contribution >= 4 is 47.3 Å². The maximum atomic E-state index is 17.1. The fourth-order valence-corrected chi connectivity index (χ4v) is 15.0. The molecular formula is C45H69ClFN5O5SSi. The molecule has 2 aliphatic heterocycles. The molecule has 1 fully saturated rings. The minimum atomic E-state index is -3.12. The van der Waals surface area contributed by atoms with Gasteiger partial charge in [-0.05, 0) is 110 Å². The summed E-state index contributed by atoms with van der Waals surface area (Å²) < 4.78 is 54.4. The molecule has 0 aromatic heterocycles. The lowest BCUT2D eigenvalue weighted by Crippen LogP contribution is -2.55. The second kappa shape index (κ2) is 19.4. The highest BCUT2D eigenvalue weighted by Gasteiger charge is 2.45. The Morgan fingerprint density at radius 3 is 2.54 bits per heavy atom. The van der Waals surface area contributed by atoms with Crippen molar-refractivity contribution in [3.8, 4) is 5.75 Å². The van der Waals surface area contributed by atoms with Crippen molar-refractivity contribution in [2.75, 3.05) is 57.1 Å². The van der Waals surface area contributed by atoms with E-state index in [4.69, 9.17) is 25.9 Å². The first-order chi connectivity index (χ1) is 27.7. The molecule has 2 unspecified atom stereocenters. The van der Waals surface area contributed by atoms with Gasteiger partial charge in [-0.2, -0.15) is 0 Å². The van der Waals surface area contributed by atoms with Gasteiger partial charge >= 0.3 is 5.97 Å². The van der Waals surface area contributed by atoms with Crippen LogP contribution in [0.15, 0.2) is 48.3 Å². The predicted molar refractivity (Wildman–Crippen MR) is 241 cm³/mol. The van der Waals surface area contributed by atoms with Gasteiger partial charge in [-0.3, -0.25) is 14.1 Å². The second-order valence-corrected chi connectivity index (χ2v) is 26.5. The third-order valence-corrected chi connectivity index (χ3v) is 21.4. The molecule has 59 heavy (non-hydrogen) atoms. The Bertz CT molecular complexity index is 1950. The number of ether oxygens (including phenoxy) is 2. The molecule has 5 atom stereocenters. The van der Waals surface area contributed by atoms with Crippen LogP contribution >= 0.6 is 11.6 Å². The Hall–Kier alpha value is -2.97. The number of aryl methyl sites for hydroxylation is 1. The highest BCUT2D eigenvalue weighted by Crippen LogP contribution is 2.45. The molecule has 2 N–H and O–H groups in total. The van der Waals surface area contributed by atoms with Gasteiger partial charge in [0.05, 0.1) is 34.9 Å². The molecule has 5 rings (SSSR count). The Labute approximate surface area is 359 Å². The number of nitrogens with one attached hydrogen (secondary N) is 2. The lowest BCUT2D eigenvalue weighted by atomic mass is 9.70. The van der Waals surface area contributed by atoms with E-state index in [0.29, 0.717) is 55.7 Å². The fraction of sp³-hybridized carbons (Fsp3) is 0.644. The summed E-state index contributed by atoms with van der Waals surface area (Å²) in [4.78, 5) is 33.7. The van der Waals surface area contributed by atoms with E-state index in [1.807, 2.05) is 39.0 Å². The molecule has 2 aromatic carbocycles. The van der Waals surface area contributed by atoms with Crippen molar-refractivity contribution in [2.45, 2.75) is 129 Å². The van der Waals surface area contributed by atoms with Crippen LogP contribution < -0.4 is 14.0 Å². The van der Waals surface area contributed by atoms with Gasteiger partial charge in [0.2, 0.25) is 5.91 Å². The first-order valence-corrected chi connectivity index (χ1v) is 26.7. The molecule has 14 heteroatoms. The molecule has 328 valence electrons. The maximum absolute atomic E-state index is 17.1. The predicted octanol–water partition coefficient (Wildman–Crippen LogP) is 9.52. The number of nitrogens with zero attached hydrogens (tertiary/aromatic N) is 3. The van der Waals surface area contributed by atoms with E-state index < -0.39 is 36.0 Å². The van der Waals surface area contributed by atoms with E-state index in [9.17, 15) is 13.8 Å². The molecule has 0 bridgehead atoms. The number of esters is 1. The summed E-state index contributed by atoms with van der Waals surface area (Å²) in [6.45, 7) is 19.6. The number of halogens is 2. The summed E-state index contributed by atoms with van der Waals surface area (Å²) in [6.07, 6.45) is 7.64. The molecule has 2 aromatic rings. The van der Waals surface area contributed by atoms with Crippen molar-refractivity contribution in [1.82, 2.24) is 14.2 Å². The number of allylic oxidation sites excluding steroid dienone is 1. The highest BCUT2D eigenvalue weighted by molar-refractivity contribution is 7.91. The van der Waals surface area contributed by atoms with Crippen LogP contribution in [0.4, 0.5) is 10.1 Å². The van der Waals surface area contributed by atoms with Gasteiger partial charge in [0.1, 0.15) is 25.9 Å². The number of anilines is 1. The summed E-state index contributed by atoms with van der Waals surface area (Å²) >= 11 is 6.50. The number of likely N-dealkylation sites (tertiary alicyclic amines) is 1. The number of carbonyl (C=O) groups excluding carboxylic acids is 2. The van der Waals surface area contributed by atoms with Crippen LogP contribution in [0.5, 0.6) is 5.75 Å². The van der Waals surface area contributed by atoms with E-state index >= 15 is 4.39 Å². The molecule has 2 heterocycles. The number of methoxy groups -OCH3 is 1. The minimum Gasteiger partial charge on any atom is -0.490 e. The largest absolute Gasteiger partial charge is 0.490 e. The quantitative estimate of drug-likeness (QED) is 0.128. The number of amides is 1. The zero-order valence-electron chi connectivity index (χ0n) is 36.9. The van der Waals surface area contributed by atoms with Crippen molar-refractivity contribution < 1.29 is 27.7 Å². The molecule has 0 radical (unpaired) electrons. The third-order valence-electron chi connectivity index (χ3n) is 13.0. The Kier molecular flexibility index (Phi) is 15.5. The Morgan fingerprint density at radius 1 is 1.17 bits per heavy atom. The lowest BCUT2D eigenvalue weighted by molar-refractivity contribution is -0.136. The van der Waals surface area contributed by atoms with Crippen LogP contribution in [0.3, 0.4) is 0 Å². The second-order valence-electron chi connectivity index (χ2n) is 18.8. The van der Waals surface area contributed by atoms with Gasteiger partial charge in [-0.15, -0.1) is 0 Å². The van der Waals surface area contributed by atoms with E-state index in [2.05, 4.69) is 60.2 Å². The first kappa shape index (κ1) is 47.1. The summed E-state index contributed by atoms with van der Waals surface area (Å²) in [5.41, 5.74) is 3.25. The van der Waals surface area contributed by atoms with E-state index in [1.165, 1.54) is 24.3 Å². The minimum absolute atomic E-state index is 0.0904. The summed E-state index contributed by atoms with van der Waals surface area (Å²) in [6, 6.07) is 10.2. The maximum Gasteiger partial charge on any atom is 0.337 e. The molecular weight excluding hydrogens is 805 g/mol. The van der Waals surface area contributed by atoms with Gasteiger partial charge in [0, 0.05) is 48.4 Å². The zero-order chi connectivity index (χ0) is 43.3. The number of hydrogen-bond acceptors (Lipinski definition) is 8. The summed E-state index contributed by atoms with van der Waals surface area (Å²) in [7, 11) is -3.98. The normalized spacial score (nSPS) is 22.1. The highest BCUT2D eigenvalue weighted by atomic mass is 35.5.